The molecule has 0 aromatic heterocycles. The first-order chi connectivity index (χ1) is 10.2. The molecule has 2 heterocycles. The maximum absolute atomic E-state index is 12.4. The summed E-state index contributed by atoms with van der Waals surface area (Å²) in [6.07, 6.45) is 6.81. The van der Waals surface area contributed by atoms with E-state index in [4.69, 9.17) is 5.73 Å². The van der Waals surface area contributed by atoms with Crippen molar-refractivity contribution in [3.8, 4) is 0 Å². The van der Waals surface area contributed by atoms with Gasteiger partial charge in [0.25, 0.3) is 0 Å². The molecular weight excluding hydrogens is 264 g/mol. The predicted octanol–water partition coefficient (Wildman–Crippen LogP) is 0.744. The lowest BCUT2D eigenvalue weighted by atomic mass is 10.1. The number of likely N-dealkylation sites (N-methyl/N-ethyl adjacent to an activating group) is 1. The molecule has 0 aromatic rings. The van der Waals surface area contributed by atoms with E-state index in [-0.39, 0.29) is 11.9 Å². The van der Waals surface area contributed by atoms with Gasteiger partial charge in [0.2, 0.25) is 5.91 Å². The van der Waals surface area contributed by atoms with Crippen LogP contribution in [0.3, 0.4) is 0 Å². The van der Waals surface area contributed by atoms with Crippen LogP contribution >= 0.6 is 0 Å². The zero-order valence-corrected chi connectivity index (χ0v) is 13.6. The first kappa shape index (κ1) is 16.7. The fourth-order valence-electron chi connectivity index (χ4n) is 3.38. The van der Waals surface area contributed by atoms with Crippen molar-refractivity contribution in [3.05, 3.63) is 0 Å². The molecule has 5 nitrogen and oxygen atoms in total. The van der Waals surface area contributed by atoms with E-state index in [9.17, 15) is 4.79 Å². The molecule has 1 unspecified atom stereocenters. The number of nitrogens with zero attached hydrogens (tertiary/aromatic N) is 3. The van der Waals surface area contributed by atoms with Gasteiger partial charge in [-0.3, -0.25) is 4.79 Å². The summed E-state index contributed by atoms with van der Waals surface area (Å²) in [6, 6.07) is 0.182. The molecule has 0 saturated carbocycles. The van der Waals surface area contributed by atoms with Gasteiger partial charge in [-0.05, 0) is 52.2 Å². The standard InChI is InChI=1S/C16H32N4O/c1-18(11-12-19-7-5-6-8-19)15(14-17)13-16(21)20-9-3-2-4-10-20/h15H,2-14,17H2,1H3. The molecule has 0 radical (unpaired) electrons. The number of piperidine rings is 1. The third-order valence-electron chi connectivity index (χ3n) is 4.98. The maximum atomic E-state index is 12.4. The van der Waals surface area contributed by atoms with Crippen LogP contribution < -0.4 is 5.73 Å². The first-order valence-electron chi connectivity index (χ1n) is 8.61. The second-order valence-corrected chi connectivity index (χ2v) is 6.56. The van der Waals surface area contributed by atoms with Gasteiger partial charge in [-0.2, -0.15) is 0 Å². The van der Waals surface area contributed by atoms with Crippen LogP contribution in [0.2, 0.25) is 0 Å². The van der Waals surface area contributed by atoms with Gasteiger partial charge in [0.15, 0.2) is 0 Å². The molecule has 2 aliphatic heterocycles. The Balaban J connectivity index is 1.73. The molecule has 2 aliphatic rings. The molecular formula is C16H32N4O. The van der Waals surface area contributed by atoms with Crippen LogP contribution in [0.5, 0.6) is 0 Å². The van der Waals surface area contributed by atoms with Crippen molar-refractivity contribution < 1.29 is 4.79 Å². The van der Waals surface area contributed by atoms with Gasteiger partial charge in [0.05, 0.1) is 0 Å². The van der Waals surface area contributed by atoms with Crippen LogP contribution in [-0.2, 0) is 4.79 Å². The minimum absolute atomic E-state index is 0.182. The first-order valence-corrected chi connectivity index (χ1v) is 8.61. The highest BCUT2D eigenvalue weighted by molar-refractivity contribution is 5.76. The number of hydrogen-bond acceptors (Lipinski definition) is 4. The Morgan fingerprint density at radius 2 is 1.71 bits per heavy atom. The lowest BCUT2D eigenvalue weighted by Crippen LogP contribution is -2.46. The fraction of sp³-hybridized carbons (Fsp3) is 0.938. The van der Waals surface area contributed by atoms with Gasteiger partial charge in [-0.25, -0.2) is 0 Å². The molecule has 2 saturated heterocycles. The van der Waals surface area contributed by atoms with Crippen molar-refractivity contribution in [2.45, 2.75) is 44.6 Å². The second kappa shape index (κ2) is 8.71. The molecule has 2 fully saturated rings. The van der Waals surface area contributed by atoms with Crippen molar-refractivity contribution >= 4 is 5.91 Å². The Morgan fingerprint density at radius 1 is 1.10 bits per heavy atom. The molecule has 1 amide bonds. The number of nitrogens with two attached hydrogens (primary N) is 1. The summed E-state index contributed by atoms with van der Waals surface area (Å²) < 4.78 is 0. The largest absolute Gasteiger partial charge is 0.343 e. The average molecular weight is 296 g/mol. The molecule has 122 valence electrons. The third-order valence-corrected chi connectivity index (χ3v) is 4.98. The van der Waals surface area contributed by atoms with E-state index in [1.54, 1.807) is 0 Å². The summed E-state index contributed by atoms with van der Waals surface area (Å²) in [5.41, 5.74) is 5.91. The highest BCUT2D eigenvalue weighted by Crippen LogP contribution is 2.13. The molecule has 21 heavy (non-hydrogen) atoms. The van der Waals surface area contributed by atoms with Crippen LogP contribution in [-0.4, -0.2) is 79.5 Å². The highest BCUT2D eigenvalue weighted by Gasteiger charge is 2.23. The van der Waals surface area contributed by atoms with Crippen LogP contribution in [0.1, 0.15) is 38.5 Å². The van der Waals surface area contributed by atoms with Crippen molar-refractivity contribution in [1.82, 2.24) is 14.7 Å². The number of carbonyl (C=O) groups excluding carboxylic acids is 1. The summed E-state index contributed by atoms with van der Waals surface area (Å²) in [5.74, 6) is 0.290. The topological polar surface area (TPSA) is 52.8 Å². The Kier molecular flexibility index (Phi) is 6.93. The summed E-state index contributed by atoms with van der Waals surface area (Å²) in [4.78, 5) is 19.2. The van der Waals surface area contributed by atoms with Gasteiger partial charge in [-0.15, -0.1) is 0 Å². The maximum Gasteiger partial charge on any atom is 0.224 e. The van der Waals surface area contributed by atoms with E-state index in [0.717, 1.165) is 39.0 Å². The number of hydrogen-bond donors (Lipinski definition) is 1. The van der Waals surface area contributed by atoms with Crippen molar-refractivity contribution in [3.63, 3.8) is 0 Å². The van der Waals surface area contributed by atoms with Crippen molar-refractivity contribution in [2.75, 3.05) is 52.9 Å². The lowest BCUT2D eigenvalue weighted by Gasteiger charge is -2.32. The minimum atomic E-state index is 0.182. The SMILES string of the molecule is CN(CCN1CCCC1)C(CN)CC(=O)N1CCCCC1. The third kappa shape index (κ3) is 5.24. The molecule has 5 heteroatoms. The highest BCUT2D eigenvalue weighted by atomic mass is 16.2. The monoisotopic (exact) mass is 296 g/mol. The van der Waals surface area contributed by atoms with E-state index >= 15 is 0 Å². The van der Waals surface area contributed by atoms with Gasteiger partial charge >= 0.3 is 0 Å². The van der Waals surface area contributed by atoms with Gasteiger partial charge in [-0.1, -0.05) is 0 Å². The Morgan fingerprint density at radius 3 is 2.33 bits per heavy atom. The Bertz CT molecular complexity index is 311. The molecule has 0 spiro atoms. The van der Waals surface area contributed by atoms with Gasteiger partial charge in [0.1, 0.15) is 0 Å². The Labute approximate surface area is 129 Å². The van der Waals surface area contributed by atoms with E-state index in [1.807, 2.05) is 4.90 Å². The van der Waals surface area contributed by atoms with Gasteiger partial charge in [0, 0.05) is 45.2 Å². The van der Waals surface area contributed by atoms with Crippen molar-refractivity contribution in [1.29, 1.82) is 0 Å². The van der Waals surface area contributed by atoms with E-state index in [2.05, 4.69) is 16.8 Å². The zero-order chi connectivity index (χ0) is 15.1. The van der Waals surface area contributed by atoms with Crippen molar-refractivity contribution in [2.24, 2.45) is 5.73 Å². The number of amides is 1. The summed E-state index contributed by atoms with van der Waals surface area (Å²) in [6.45, 7) is 7.01. The average Bonchev–Trinajstić information content (AvgIpc) is 3.04. The molecule has 2 rings (SSSR count). The zero-order valence-electron chi connectivity index (χ0n) is 13.6. The number of likely N-dealkylation sites (tertiary alicyclic amines) is 2. The second-order valence-electron chi connectivity index (χ2n) is 6.56. The van der Waals surface area contributed by atoms with E-state index < -0.39 is 0 Å². The summed E-state index contributed by atoms with van der Waals surface area (Å²) >= 11 is 0. The van der Waals surface area contributed by atoms with Crippen LogP contribution in [0.4, 0.5) is 0 Å². The predicted molar refractivity (Wildman–Crippen MR) is 86.2 cm³/mol. The summed E-state index contributed by atoms with van der Waals surface area (Å²) in [7, 11) is 2.11. The Hall–Kier alpha value is -0.650. The quantitative estimate of drug-likeness (QED) is 0.753. The minimum Gasteiger partial charge on any atom is -0.343 e. The van der Waals surface area contributed by atoms with Gasteiger partial charge < -0.3 is 20.4 Å². The number of rotatable bonds is 7. The molecule has 1 atom stereocenters. The van der Waals surface area contributed by atoms with Crippen LogP contribution in [0.25, 0.3) is 0 Å². The van der Waals surface area contributed by atoms with Crippen LogP contribution in [0, 0.1) is 0 Å². The lowest BCUT2D eigenvalue weighted by molar-refractivity contribution is -0.133. The van der Waals surface area contributed by atoms with E-state index in [0.29, 0.717) is 13.0 Å². The molecule has 0 aliphatic carbocycles. The number of carbonyl (C=O) groups is 1. The molecule has 0 aromatic carbocycles. The van der Waals surface area contributed by atoms with E-state index in [1.165, 1.54) is 32.4 Å². The molecule has 0 bridgehead atoms. The summed E-state index contributed by atoms with van der Waals surface area (Å²) in [5, 5.41) is 0. The fourth-order valence-corrected chi connectivity index (χ4v) is 3.38. The normalized spacial score (nSPS) is 22.0. The molecule has 2 N–H and O–H groups in total. The van der Waals surface area contributed by atoms with Crippen LogP contribution in [0.15, 0.2) is 0 Å². The smallest absolute Gasteiger partial charge is 0.224 e.